The van der Waals surface area contributed by atoms with Crippen molar-refractivity contribution < 1.29 is 9.53 Å². The van der Waals surface area contributed by atoms with Gasteiger partial charge in [0.2, 0.25) is 0 Å². The number of esters is 1. The van der Waals surface area contributed by atoms with E-state index in [9.17, 15) is 4.79 Å². The van der Waals surface area contributed by atoms with Crippen molar-refractivity contribution in [2.24, 2.45) is 11.5 Å². The van der Waals surface area contributed by atoms with Crippen LogP contribution in [0, 0.1) is 0 Å². The highest BCUT2D eigenvalue weighted by molar-refractivity contribution is 5.89. The molecule has 1 atom stereocenters. The van der Waals surface area contributed by atoms with Crippen molar-refractivity contribution >= 4 is 17.6 Å². The molecule has 0 radical (unpaired) electrons. The van der Waals surface area contributed by atoms with Crippen LogP contribution in [0.5, 0.6) is 0 Å². The first-order valence-electron chi connectivity index (χ1n) is 12.6. The Balaban J connectivity index is 1.46. The van der Waals surface area contributed by atoms with E-state index in [0.29, 0.717) is 6.61 Å². The van der Waals surface area contributed by atoms with E-state index in [4.69, 9.17) is 16.2 Å². The minimum atomic E-state index is -0.702. The van der Waals surface area contributed by atoms with Crippen molar-refractivity contribution in [1.29, 1.82) is 0 Å². The molecule has 0 aliphatic heterocycles. The van der Waals surface area contributed by atoms with Crippen molar-refractivity contribution in [3.05, 3.63) is 70.3 Å². The topological polar surface area (TPSA) is 78.3 Å². The summed E-state index contributed by atoms with van der Waals surface area (Å²) in [6.45, 7) is 2.81. The molecular weight excluding hydrogens is 408 g/mol. The molecule has 2 aromatic rings. The van der Waals surface area contributed by atoms with Crippen LogP contribution in [0.2, 0.25) is 0 Å². The lowest BCUT2D eigenvalue weighted by atomic mass is 9.98. The summed E-state index contributed by atoms with van der Waals surface area (Å²) >= 11 is 0. The summed E-state index contributed by atoms with van der Waals surface area (Å²) in [6.07, 6.45) is 13.7. The molecule has 0 heterocycles. The number of carbonyl (C=O) groups excluding carboxylic acids is 1. The van der Waals surface area contributed by atoms with Gasteiger partial charge in [0.25, 0.3) is 0 Å². The highest BCUT2D eigenvalue weighted by Gasteiger charge is 2.17. The average Bonchev–Trinajstić information content (AvgIpc) is 3.28. The number of allylic oxidation sites excluding steroid dienone is 1. The van der Waals surface area contributed by atoms with Crippen molar-refractivity contribution in [3.8, 4) is 0 Å². The van der Waals surface area contributed by atoms with Gasteiger partial charge in [0.05, 0.1) is 6.61 Å². The normalized spacial score (nSPS) is 13.5. The highest BCUT2D eigenvalue weighted by Crippen LogP contribution is 2.34. The second kappa shape index (κ2) is 13.3. The molecule has 0 bridgehead atoms. The zero-order valence-corrected chi connectivity index (χ0v) is 20.2. The monoisotopic (exact) mass is 448 g/mol. The first-order chi connectivity index (χ1) is 16.1. The van der Waals surface area contributed by atoms with Crippen molar-refractivity contribution in [2.75, 3.05) is 13.2 Å². The molecule has 4 N–H and O–H groups in total. The second-order valence-corrected chi connectivity index (χ2v) is 9.16. The third-order valence-electron chi connectivity index (χ3n) is 6.52. The third kappa shape index (κ3) is 7.55. The van der Waals surface area contributed by atoms with Gasteiger partial charge in [-0.3, -0.25) is 4.79 Å². The van der Waals surface area contributed by atoms with Crippen LogP contribution >= 0.6 is 0 Å². The van der Waals surface area contributed by atoms with E-state index >= 15 is 0 Å². The van der Waals surface area contributed by atoms with E-state index in [2.05, 4.69) is 55.5 Å². The maximum absolute atomic E-state index is 11.5. The lowest BCUT2D eigenvalue weighted by molar-refractivity contribution is -0.145. The molecule has 178 valence electrons. The first kappa shape index (κ1) is 25.2. The zero-order valence-electron chi connectivity index (χ0n) is 20.2. The van der Waals surface area contributed by atoms with Gasteiger partial charge in [-0.2, -0.15) is 0 Å². The van der Waals surface area contributed by atoms with Gasteiger partial charge >= 0.3 is 5.97 Å². The number of hydrogen-bond donors (Lipinski definition) is 2. The van der Waals surface area contributed by atoms with E-state index in [0.717, 1.165) is 38.5 Å². The van der Waals surface area contributed by atoms with Crippen LogP contribution in [0.3, 0.4) is 0 Å². The molecule has 1 aliphatic carbocycles. The molecule has 0 fully saturated rings. The number of aryl methyl sites for hydroxylation is 2. The predicted octanol–water partition coefficient (Wildman–Crippen LogP) is 5.45. The van der Waals surface area contributed by atoms with Gasteiger partial charge in [-0.05, 0) is 71.9 Å². The molecule has 0 spiro atoms. The molecule has 33 heavy (non-hydrogen) atoms. The molecule has 3 rings (SSSR count). The molecule has 0 amide bonds. The van der Waals surface area contributed by atoms with Gasteiger partial charge in [-0.15, -0.1) is 0 Å². The summed E-state index contributed by atoms with van der Waals surface area (Å²) in [5, 5.41) is 0. The van der Waals surface area contributed by atoms with E-state index in [1.54, 1.807) is 0 Å². The van der Waals surface area contributed by atoms with Crippen molar-refractivity contribution in [3.63, 3.8) is 0 Å². The summed E-state index contributed by atoms with van der Waals surface area (Å²) in [5.41, 5.74) is 19.5. The van der Waals surface area contributed by atoms with E-state index in [1.165, 1.54) is 59.1 Å². The quantitative estimate of drug-likeness (QED) is 0.298. The number of carbonyl (C=O) groups is 1. The maximum atomic E-state index is 11.5. The molecule has 0 aromatic heterocycles. The predicted molar refractivity (Wildman–Crippen MR) is 138 cm³/mol. The summed E-state index contributed by atoms with van der Waals surface area (Å²) in [5.74, 6) is -0.397. The minimum absolute atomic E-state index is 0.126. The van der Waals surface area contributed by atoms with Crippen molar-refractivity contribution in [1.82, 2.24) is 0 Å². The fraction of sp³-hybridized carbons (Fsp3) is 0.483. The number of ether oxygens (including phenoxy) is 1. The lowest BCUT2D eigenvalue weighted by Crippen LogP contribution is -2.39. The summed E-state index contributed by atoms with van der Waals surface area (Å²) in [7, 11) is 0. The number of benzene rings is 2. The van der Waals surface area contributed by atoms with Gasteiger partial charge in [0.1, 0.15) is 6.04 Å². The van der Waals surface area contributed by atoms with E-state index in [1.807, 2.05) is 0 Å². The SMILES string of the molecule is CCCCCc1ccc(C2=Cc3c(CCCCCCOC(=O)C(N)CN)cccc3C2)cc1. The molecule has 4 nitrogen and oxygen atoms in total. The molecule has 0 saturated carbocycles. The Kier molecular flexibility index (Phi) is 10.2. The number of nitrogens with two attached hydrogens (primary N) is 2. The fourth-order valence-electron chi connectivity index (χ4n) is 4.45. The van der Waals surface area contributed by atoms with E-state index in [-0.39, 0.29) is 6.54 Å². The molecule has 1 unspecified atom stereocenters. The van der Waals surface area contributed by atoms with Crippen LogP contribution in [-0.2, 0) is 28.8 Å². The summed E-state index contributed by atoms with van der Waals surface area (Å²) < 4.78 is 5.15. The zero-order chi connectivity index (χ0) is 23.5. The average molecular weight is 449 g/mol. The van der Waals surface area contributed by atoms with Gasteiger partial charge in [0, 0.05) is 6.54 Å². The van der Waals surface area contributed by atoms with Gasteiger partial charge in [0.15, 0.2) is 0 Å². The lowest BCUT2D eigenvalue weighted by Gasteiger charge is -2.09. The Bertz CT molecular complexity index is 918. The number of fused-ring (bicyclic) bond motifs is 1. The first-order valence-corrected chi connectivity index (χ1v) is 12.6. The van der Waals surface area contributed by atoms with Gasteiger partial charge in [-0.25, -0.2) is 0 Å². The smallest absolute Gasteiger partial charge is 0.324 e. The van der Waals surface area contributed by atoms with Gasteiger partial charge in [-0.1, -0.05) is 81.1 Å². The second-order valence-electron chi connectivity index (χ2n) is 9.16. The van der Waals surface area contributed by atoms with Crippen LogP contribution in [0.15, 0.2) is 42.5 Å². The van der Waals surface area contributed by atoms with Crippen LogP contribution in [-0.4, -0.2) is 25.2 Å². The highest BCUT2D eigenvalue weighted by atomic mass is 16.5. The number of hydrogen-bond acceptors (Lipinski definition) is 4. The van der Waals surface area contributed by atoms with Crippen LogP contribution in [0.1, 0.15) is 79.7 Å². The Morgan fingerprint density at radius 2 is 1.73 bits per heavy atom. The Morgan fingerprint density at radius 1 is 0.970 bits per heavy atom. The van der Waals surface area contributed by atoms with E-state index < -0.39 is 12.0 Å². The fourth-order valence-corrected chi connectivity index (χ4v) is 4.45. The Morgan fingerprint density at radius 3 is 2.48 bits per heavy atom. The van der Waals surface area contributed by atoms with Gasteiger partial charge < -0.3 is 16.2 Å². The minimum Gasteiger partial charge on any atom is -0.464 e. The Hall–Kier alpha value is -2.43. The number of rotatable bonds is 14. The number of unbranched alkanes of at least 4 members (excludes halogenated alkanes) is 5. The molecule has 0 saturated heterocycles. The third-order valence-corrected chi connectivity index (χ3v) is 6.52. The standard InChI is InChI=1S/C29H40N2O2/c1-2-3-6-10-22-14-16-23(17-15-22)26-19-25-13-9-12-24(27(25)20-26)11-7-4-5-8-18-33-29(32)28(31)21-30/h9,12-17,20,28H,2-8,10-11,18-19,21,30-31H2,1H3. The summed E-state index contributed by atoms with van der Waals surface area (Å²) in [4.78, 5) is 11.5. The van der Waals surface area contributed by atoms with Crippen LogP contribution < -0.4 is 11.5 Å². The Labute approximate surface area is 199 Å². The maximum Gasteiger partial charge on any atom is 0.324 e. The molecular formula is C29H40N2O2. The van der Waals surface area contributed by atoms with Crippen LogP contribution in [0.4, 0.5) is 0 Å². The molecule has 2 aromatic carbocycles. The summed E-state index contributed by atoms with van der Waals surface area (Å²) in [6, 6.07) is 15.2. The largest absolute Gasteiger partial charge is 0.464 e. The van der Waals surface area contributed by atoms with Crippen LogP contribution in [0.25, 0.3) is 11.6 Å². The molecule has 1 aliphatic rings. The molecule has 4 heteroatoms. The van der Waals surface area contributed by atoms with Crippen molar-refractivity contribution in [2.45, 2.75) is 77.2 Å².